The maximum atomic E-state index is 12.0. The Bertz CT molecular complexity index is 600. The fraction of sp³-hybridized carbons (Fsp3) is 0.769. The number of aryl methyl sites for hydroxylation is 1. The van der Waals surface area contributed by atoms with Crippen molar-refractivity contribution in [1.82, 2.24) is 18.8 Å². The molecule has 3 rings (SSSR count). The zero-order valence-electron chi connectivity index (χ0n) is 12.5. The highest BCUT2D eigenvalue weighted by Gasteiger charge is 2.40. The Balaban J connectivity index is 1.73. The van der Waals surface area contributed by atoms with Gasteiger partial charge >= 0.3 is 0 Å². The van der Waals surface area contributed by atoms with Gasteiger partial charge in [-0.3, -0.25) is 4.90 Å². The molecule has 2 aliphatic heterocycles. The third kappa shape index (κ3) is 3.13. The lowest BCUT2D eigenvalue weighted by molar-refractivity contribution is -0.0770. The van der Waals surface area contributed by atoms with Crippen LogP contribution in [0.25, 0.3) is 0 Å². The summed E-state index contributed by atoms with van der Waals surface area (Å²) in [6.07, 6.45) is 5.83. The molecule has 7 nitrogen and oxygen atoms in total. The summed E-state index contributed by atoms with van der Waals surface area (Å²) in [7, 11) is -1.21. The molecule has 0 unspecified atom stereocenters. The molecule has 2 aliphatic rings. The summed E-state index contributed by atoms with van der Waals surface area (Å²) in [4.78, 5) is 6.41. The second kappa shape index (κ2) is 5.68. The molecule has 1 aromatic rings. The van der Waals surface area contributed by atoms with Crippen molar-refractivity contribution in [2.45, 2.75) is 25.1 Å². The monoisotopic (exact) mass is 314 g/mol. The first-order valence-corrected chi connectivity index (χ1v) is 9.06. The third-order valence-corrected chi connectivity index (χ3v) is 5.65. The zero-order valence-corrected chi connectivity index (χ0v) is 13.3. The molecule has 0 bridgehead atoms. The molecule has 2 fully saturated rings. The predicted octanol–water partition coefficient (Wildman–Crippen LogP) is -0.345. The highest BCUT2D eigenvalue weighted by Crippen LogP contribution is 2.25. The number of rotatable bonds is 3. The van der Waals surface area contributed by atoms with Gasteiger partial charge in [0.15, 0.2) is 0 Å². The molecule has 1 aromatic heterocycles. The van der Waals surface area contributed by atoms with E-state index in [1.807, 2.05) is 17.8 Å². The zero-order chi connectivity index (χ0) is 15.0. The van der Waals surface area contributed by atoms with E-state index < -0.39 is 10.0 Å². The highest BCUT2D eigenvalue weighted by atomic mass is 32.2. The van der Waals surface area contributed by atoms with Gasteiger partial charge in [0.2, 0.25) is 10.0 Å². The van der Waals surface area contributed by atoms with Crippen LogP contribution in [0.15, 0.2) is 12.5 Å². The fourth-order valence-corrected chi connectivity index (χ4v) is 4.33. The van der Waals surface area contributed by atoms with Gasteiger partial charge in [-0.25, -0.2) is 13.4 Å². The Kier molecular flexibility index (Phi) is 4.04. The van der Waals surface area contributed by atoms with Crippen molar-refractivity contribution in [3.8, 4) is 0 Å². The van der Waals surface area contributed by atoms with Gasteiger partial charge in [-0.05, 0) is 6.42 Å². The standard InChI is InChI=1S/C13H22N4O3S/c1-15-10-14-7-11(15)8-16-4-3-13-12(9-16)17(5-6-20-13)21(2,18)19/h7,10,12-13H,3-6,8-9H2,1-2H3/t12-,13+/m1/s1. The van der Waals surface area contributed by atoms with E-state index in [4.69, 9.17) is 4.74 Å². The van der Waals surface area contributed by atoms with Crippen molar-refractivity contribution in [3.63, 3.8) is 0 Å². The summed E-state index contributed by atoms with van der Waals surface area (Å²) in [5, 5.41) is 0. The number of imidazole rings is 1. The number of hydrogen-bond acceptors (Lipinski definition) is 5. The largest absolute Gasteiger partial charge is 0.375 e. The first kappa shape index (κ1) is 15.0. The number of nitrogens with zero attached hydrogens (tertiary/aromatic N) is 4. The van der Waals surface area contributed by atoms with Gasteiger partial charge in [-0.1, -0.05) is 0 Å². The minimum Gasteiger partial charge on any atom is -0.375 e. The van der Waals surface area contributed by atoms with Crippen molar-refractivity contribution in [2.75, 3.05) is 32.5 Å². The molecule has 21 heavy (non-hydrogen) atoms. The van der Waals surface area contributed by atoms with Crippen molar-refractivity contribution in [3.05, 3.63) is 18.2 Å². The summed E-state index contributed by atoms with van der Waals surface area (Å²) in [6.45, 7) is 3.37. The lowest BCUT2D eigenvalue weighted by atomic mass is 10.0. The number of sulfonamides is 1. The van der Waals surface area contributed by atoms with Gasteiger partial charge in [-0.15, -0.1) is 0 Å². The van der Waals surface area contributed by atoms with Crippen LogP contribution in [0.4, 0.5) is 0 Å². The van der Waals surface area contributed by atoms with Crippen LogP contribution in [0.1, 0.15) is 12.1 Å². The Labute approximate surface area is 125 Å². The lowest BCUT2D eigenvalue weighted by Crippen LogP contribution is -2.60. The van der Waals surface area contributed by atoms with Crippen LogP contribution >= 0.6 is 0 Å². The number of hydrogen-bond donors (Lipinski definition) is 0. The quantitative estimate of drug-likeness (QED) is 0.763. The van der Waals surface area contributed by atoms with E-state index in [0.29, 0.717) is 19.7 Å². The molecule has 0 saturated carbocycles. The second-order valence-electron chi connectivity index (χ2n) is 5.87. The lowest BCUT2D eigenvalue weighted by Gasteiger charge is -2.45. The van der Waals surface area contributed by atoms with Crippen LogP contribution in [0, 0.1) is 0 Å². The Morgan fingerprint density at radius 1 is 1.43 bits per heavy atom. The smallest absolute Gasteiger partial charge is 0.211 e. The number of morpholine rings is 1. The maximum Gasteiger partial charge on any atom is 0.211 e. The van der Waals surface area contributed by atoms with Crippen LogP contribution in [-0.4, -0.2) is 71.8 Å². The molecule has 0 radical (unpaired) electrons. The summed E-state index contributed by atoms with van der Waals surface area (Å²) in [5.41, 5.74) is 1.14. The summed E-state index contributed by atoms with van der Waals surface area (Å²) < 4.78 is 33.3. The SMILES string of the molecule is Cn1cncc1CN1CC[C@@H]2OCCN(S(C)(=O)=O)[C@@H]2C1. The normalized spacial score (nSPS) is 28.5. The number of likely N-dealkylation sites (tertiary alicyclic amines) is 1. The van der Waals surface area contributed by atoms with E-state index in [-0.39, 0.29) is 12.1 Å². The molecule has 0 aromatic carbocycles. The topological polar surface area (TPSA) is 67.7 Å². The van der Waals surface area contributed by atoms with Gasteiger partial charge in [0.25, 0.3) is 0 Å². The Hall–Kier alpha value is -0.960. The van der Waals surface area contributed by atoms with Gasteiger partial charge in [0.05, 0.1) is 37.0 Å². The van der Waals surface area contributed by atoms with Crippen molar-refractivity contribution in [1.29, 1.82) is 0 Å². The van der Waals surface area contributed by atoms with E-state index in [0.717, 1.165) is 25.2 Å². The summed E-state index contributed by atoms with van der Waals surface area (Å²) >= 11 is 0. The van der Waals surface area contributed by atoms with Crippen LogP contribution in [0.3, 0.4) is 0 Å². The van der Waals surface area contributed by atoms with Crippen molar-refractivity contribution in [2.24, 2.45) is 7.05 Å². The van der Waals surface area contributed by atoms with Gasteiger partial charge < -0.3 is 9.30 Å². The average Bonchev–Trinajstić information content (AvgIpc) is 2.82. The van der Waals surface area contributed by atoms with Crippen LogP contribution in [0.2, 0.25) is 0 Å². The average molecular weight is 314 g/mol. The number of aromatic nitrogens is 2. The van der Waals surface area contributed by atoms with Gasteiger partial charge in [-0.2, -0.15) is 4.31 Å². The molecule has 0 aliphatic carbocycles. The predicted molar refractivity (Wildman–Crippen MR) is 78.2 cm³/mol. The molecule has 2 atom stereocenters. The van der Waals surface area contributed by atoms with Crippen molar-refractivity contribution >= 4 is 10.0 Å². The highest BCUT2D eigenvalue weighted by molar-refractivity contribution is 7.88. The maximum absolute atomic E-state index is 12.0. The summed E-state index contributed by atoms with van der Waals surface area (Å²) in [6, 6.07) is -0.0734. The molecular weight excluding hydrogens is 292 g/mol. The Morgan fingerprint density at radius 2 is 2.24 bits per heavy atom. The minimum atomic E-state index is -3.18. The first-order valence-electron chi connectivity index (χ1n) is 7.21. The Morgan fingerprint density at radius 3 is 2.90 bits per heavy atom. The number of ether oxygens (including phenoxy) is 1. The van der Waals surface area contributed by atoms with E-state index >= 15 is 0 Å². The molecule has 8 heteroatoms. The van der Waals surface area contributed by atoms with Gasteiger partial charge in [0.1, 0.15) is 0 Å². The first-order chi connectivity index (χ1) is 9.95. The molecule has 0 amide bonds. The van der Waals surface area contributed by atoms with Crippen LogP contribution in [-0.2, 0) is 28.4 Å². The number of piperidine rings is 1. The number of fused-ring (bicyclic) bond motifs is 1. The van der Waals surface area contributed by atoms with E-state index in [1.54, 1.807) is 10.6 Å². The molecule has 2 saturated heterocycles. The van der Waals surface area contributed by atoms with E-state index in [2.05, 4.69) is 9.88 Å². The molecule has 0 N–H and O–H groups in total. The molecule has 0 spiro atoms. The molecule has 118 valence electrons. The van der Waals surface area contributed by atoms with Crippen LogP contribution < -0.4 is 0 Å². The molecule has 3 heterocycles. The van der Waals surface area contributed by atoms with E-state index in [1.165, 1.54) is 6.26 Å². The summed E-state index contributed by atoms with van der Waals surface area (Å²) in [5.74, 6) is 0. The molecular formula is C13H22N4O3S. The minimum absolute atomic E-state index is 0.0243. The third-order valence-electron chi connectivity index (χ3n) is 4.35. The second-order valence-corrected chi connectivity index (χ2v) is 7.81. The van der Waals surface area contributed by atoms with E-state index in [9.17, 15) is 8.42 Å². The fourth-order valence-electron chi connectivity index (χ4n) is 3.23. The van der Waals surface area contributed by atoms with Gasteiger partial charge in [0, 0.05) is 39.4 Å². The van der Waals surface area contributed by atoms with Crippen LogP contribution in [0.5, 0.6) is 0 Å². The van der Waals surface area contributed by atoms with Crippen molar-refractivity contribution < 1.29 is 13.2 Å².